The molecule has 1 rings (SSSR count). The number of hydrogen-bond donors (Lipinski definition) is 0. The highest BCUT2D eigenvalue weighted by atomic mass is 15.1. The van der Waals surface area contributed by atoms with Gasteiger partial charge in [-0.2, -0.15) is 0 Å². The topological polar surface area (TPSA) is 3.24 Å². The van der Waals surface area contributed by atoms with E-state index in [0.29, 0.717) is 0 Å². The van der Waals surface area contributed by atoms with Crippen LogP contribution in [-0.2, 0) is 0 Å². The van der Waals surface area contributed by atoms with E-state index in [2.05, 4.69) is 44.0 Å². The van der Waals surface area contributed by atoms with E-state index >= 15 is 0 Å². The Hall–Kier alpha value is -0.560. The molecule has 0 unspecified atom stereocenters. The second-order valence-electron chi connectivity index (χ2n) is 3.87. The van der Waals surface area contributed by atoms with Crippen LogP contribution in [-0.4, -0.2) is 25.0 Å². The molecule has 0 bridgehead atoms. The third kappa shape index (κ3) is 5.17. The van der Waals surface area contributed by atoms with Gasteiger partial charge >= 0.3 is 0 Å². The van der Waals surface area contributed by atoms with Gasteiger partial charge in [0, 0.05) is 0 Å². The fraction of sp³-hybridized carbons (Fsp3) is 0.714. The van der Waals surface area contributed by atoms with Gasteiger partial charge in [0.25, 0.3) is 0 Å². The van der Waals surface area contributed by atoms with Gasteiger partial charge in [-0.25, -0.2) is 0 Å². The molecule has 0 aromatic carbocycles. The Morgan fingerprint density at radius 2 is 1.67 bits per heavy atom. The zero-order valence-electron chi connectivity index (χ0n) is 11.1. The third-order valence-corrected chi connectivity index (χ3v) is 2.88. The zero-order chi connectivity index (χ0) is 11.7. The first-order valence-electron chi connectivity index (χ1n) is 6.25. The number of hydrogen-bond acceptors (Lipinski definition) is 1. The number of allylic oxidation sites excluding steroid dienone is 4. The summed E-state index contributed by atoms with van der Waals surface area (Å²) in [6.07, 6.45) is 9.31. The van der Waals surface area contributed by atoms with Gasteiger partial charge in [-0.15, -0.1) is 0 Å². The molecule has 0 aliphatic carbocycles. The van der Waals surface area contributed by atoms with Gasteiger partial charge in [0.15, 0.2) is 0 Å². The third-order valence-electron chi connectivity index (χ3n) is 2.88. The van der Waals surface area contributed by atoms with Gasteiger partial charge in [0.05, 0.1) is 0 Å². The standard InChI is InChI=1S/C12H21N.C2H6/c1-4-6-11(5-2)12-7-9-13(3)10-8-12;1-2/h4-6,12H,7-10H2,1-3H3;1-2H3/b6-4-,11-5+;. The summed E-state index contributed by atoms with van der Waals surface area (Å²) in [7, 11) is 2.21. The van der Waals surface area contributed by atoms with Gasteiger partial charge < -0.3 is 4.90 Å². The van der Waals surface area contributed by atoms with Gasteiger partial charge in [-0.3, -0.25) is 0 Å². The Balaban J connectivity index is 0.000000921. The second kappa shape index (κ2) is 8.72. The summed E-state index contributed by atoms with van der Waals surface area (Å²) >= 11 is 0. The van der Waals surface area contributed by atoms with Crippen LogP contribution >= 0.6 is 0 Å². The lowest BCUT2D eigenvalue weighted by Crippen LogP contribution is -2.30. The highest BCUT2D eigenvalue weighted by Gasteiger charge is 2.17. The van der Waals surface area contributed by atoms with Crippen LogP contribution in [0.3, 0.4) is 0 Å². The highest BCUT2D eigenvalue weighted by molar-refractivity contribution is 5.21. The second-order valence-corrected chi connectivity index (χ2v) is 3.87. The Kier molecular flexibility index (Phi) is 8.40. The predicted octanol–water partition coefficient (Wildman–Crippen LogP) is 3.88. The van der Waals surface area contributed by atoms with Crippen LogP contribution in [0.4, 0.5) is 0 Å². The van der Waals surface area contributed by atoms with Crippen LogP contribution in [0.15, 0.2) is 23.8 Å². The van der Waals surface area contributed by atoms with E-state index in [4.69, 9.17) is 0 Å². The molecule has 0 atom stereocenters. The first-order valence-corrected chi connectivity index (χ1v) is 6.25. The van der Waals surface area contributed by atoms with Crippen LogP contribution in [0.1, 0.15) is 40.5 Å². The smallest absolute Gasteiger partial charge is 0.00159 e. The van der Waals surface area contributed by atoms with Crippen LogP contribution in [0.5, 0.6) is 0 Å². The lowest BCUT2D eigenvalue weighted by molar-refractivity contribution is 0.240. The molecule has 1 fully saturated rings. The minimum Gasteiger partial charge on any atom is -0.306 e. The number of likely N-dealkylation sites (tertiary alicyclic amines) is 1. The molecule has 0 amide bonds. The normalized spacial score (nSPS) is 20.2. The van der Waals surface area contributed by atoms with E-state index in [1.807, 2.05) is 13.8 Å². The molecule has 0 N–H and O–H groups in total. The molecule has 0 aromatic rings. The van der Waals surface area contributed by atoms with E-state index in [-0.39, 0.29) is 0 Å². The van der Waals surface area contributed by atoms with Crippen LogP contribution in [0.2, 0.25) is 0 Å². The molecule has 0 radical (unpaired) electrons. The average Bonchev–Trinajstić information content (AvgIpc) is 2.30. The van der Waals surface area contributed by atoms with Crippen molar-refractivity contribution in [3.63, 3.8) is 0 Å². The van der Waals surface area contributed by atoms with E-state index in [1.54, 1.807) is 0 Å². The molecule has 1 aliphatic rings. The lowest BCUT2D eigenvalue weighted by atomic mass is 9.89. The average molecular weight is 209 g/mol. The lowest BCUT2D eigenvalue weighted by Gasteiger charge is -2.29. The van der Waals surface area contributed by atoms with E-state index in [0.717, 1.165) is 5.92 Å². The number of nitrogens with zero attached hydrogens (tertiary/aromatic N) is 1. The van der Waals surface area contributed by atoms with Crippen molar-refractivity contribution in [2.45, 2.75) is 40.5 Å². The first-order chi connectivity index (χ1) is 7.27. The molecule has 1 heteroatoms. The van der Waals surface area contributed by atoms with Gasteiger partial charge in [-0.05, 0) is 58.3 Å². The van der Waals surface area contributed by atoms with Gasteiger partial charge in [0.1, 0.15) is 0 Å². The molecule has 88 valence electrons. The largest absolute Gasteiger partial charge is 0.306 e. The van der Waals surface area contributed by atoms with Crippen molar-refractivity contribution in [1.29, 1.82) is 0 Å². The van der Waals surface area contributed by atoms with E-state index < -0.39 is 0 Å². The monoisotopic (exact) mass is 209 g/mol. The summed E-state index contributed by atoms with van der Waals surface area (Å²) in [6.45, 7) is 10.7. The zero-order valence-corrected chi connectivity index (χ0v) is 11.1. The Labute approximate surface area is 95.9 Å². The summed E-state index contributed by atoms with van der Waals surface area (Å²) < 4.78 is 0. The maximum atomic E-state index is 2.42. The Morgan fingerprint density at radius 1 is 1.13 bits per heavy atom. The van der Waals surface area contributed by atoms with E-state index in [1.165, 1.54) is 31.5 Å². The molecule has 1 nitrogen and oxygen atoms in total. The minimum atomic E-state index is 0.803. The number of rotatable bonds is 2. The van der Waals surface area contributed by atoms with Crippen LogP contribution < -0.4 is 0 Å². The van der Waals surface area contributed by atoms with Crippen LogP contribution in [0, 0.1) is 5.92 Å². The van der Waals surface area contributed by atoms with Crippen molar-refractivity contribution >= 4 is 0 Å². The number of piperidine rings is 1. The van der Waals surface area contributed by atoms with Crippen molar-refractivity contribution in [3.05, 3.63) is 23.8 Å². The van der Waals surface area contributed by atoms with E-state index in [9.17, 15) is 0 Å². The van der Waals surface area contributed by atoms with Gasteiger partial charge in [0.2, 0.25) is 0 Å². The SMILES string of the molecule is C/C=C\C(=C/C)C1CCN(C)CC1.CC. The molecule has 0 aromatic heterocycles. The molecular formula is C14H27N. The van der Waals surface area contributed by atoms with Crippen molar-refractivity contribution in [3.8, 4) is 0 Å². The Bertz CT molecular complexity index is 195. The molecule has 1 heterocycles. The fourth-order valence-corrected chi connectivity index (χ4v) is 2.00. The maximum absolute atomic E-state index is 2.42. The van der Waals surface area contributed by atoms with Crippen molar-refractivity contribution in [2.75, 3.05) is 20.1 Å². The molecular weight excluding hydrogens is 182 g/mol. The fourth-order valence-electron chi connectivity index (χ4n) is 2.00. The summed E-state index contributed by atoms with van der Waals surface area (Å²) in [5.74, 6) is 0.803. The van der Waals surface area contributed by atoms with Gasteiger partial charge in [-0.1, -0.05) is 32.1 Å². The Morgan fingerprint density at radius 3 is 2.07 bits per heavy atom. The summed E-state index contributed by atoms with van der Waals surface area (Å²) in [4.78, 5) is 2.42. The molecule has 1 aliphatic heterocycles. The maximum Gasteiger partial charge on any atom is -0.00159 e. The molecule has 0 spiro atoms. The van der Waals surface area contributed by atoms with Crippen molar-refractivity contribution in [1.82, 2.24) is 4.90 Å². The molecule has 0 saturated carbocycles. The first kappa shape index (κ1) is 14.4. The van der Waals surface area contributed by atoms with Crippen LogP contribution in [0.25, 0.3) is 0 Å². The summed E-state index contributed by atoms with van der Waals surface area (Å²) in [6, 6.07) is 0. The predicted molar refractivity (Wildman–Crippen MR) is 70.1 cm³/mol. The van der Waals surface area contributed by atoms with Crippen molar-refractivity contribution < 1.29 is 0 Å². The highest BCUT2D eigenvalue weighted by Crippen LogP contribution is 2.24. The van der Waals surface area contributed by atoms with Crippen molar-refractivity contribution in [2.24, 2.45) is 5.92 Å². The minimum absolute atomic E-state index is 0.803. The summed E-state index contributed by atoms with van der Waals surface area (Å²) in [5.41, 5.74) is 1.52. The summed E-state index contributed by atoms with van der Waals surface area (Å²) in [5, 5.41) is 0. The molecule has 15 heavy (non-hydrogen) atoms. The molecule has 1 saturated heterocycles. The quantitative estimate of drug-likeness (QED) is 0.624.